The Balaban J connectivity index is 1.91. The lowest BCUT2D eigenvalue weighted by atomic mass is 10.1. The summed E-state index contributed by atoms with van der Waals surface area (Å²) in [6.45, 7) is 3.70. The molecule has 1 aromatic rings. The largest absolute Gasteiger partial charge is 0.336 e. The fourth-order valence-electron chi connectivity index (χ4n) is 1.73. The first-order chi connectivity index (χ1) is 8.83. The molecule has 4 nitrogen and oxygen atoms in total. The highest BCUT2D eigenvalue weighted by Crippen LogP contribution is 2.08. The third-order valence-corrected chi connectivity index (χ3v) is 2.73. The van der Waals surface area contributed by atoms with Crippen LogP contribution in [-0.2, 0) is 4.79 Å². The van der Waals surface area contributed by atoms with Crippen LogP contribution in [0.4, 0.5) is 0 Å². The van der Waals surface area contributed by atoms with E-state index >= 15 is 0 Å². The number of hydrogen-bond donors (Lipinski definition) is 0. The van der Waals surface area contributed by atoms with Crippen molar-refractivity contribution in [1.82, 2.24) is 9.71 Å². The fraction of sp³-hybridized carbons (Fsp3) is 0.571. The van der Waals surface area contributed by atoms with Crippen LogP contribution in [-0.4, -0.2) is 15.7 Å². The molecular weight excluding hydrogens is 228 g/mol. The lowest BCUT2D eigenvalue weighted by molar-refractivity contribution is -0.144. The zero-order valence-corrected chi connectivity index (χ0v) is 10.9. The van der Waals surface area contributed by atoms with Crippen LogP contribution in [0.3, 0.4) is 0 Å². The number of rotatable bonds is 10. The van der Waals surface area contributed by atoms with E-state index in [0.29, 0.717) is 6.42 Å². The summed E-state index contributed by atoms with van der Waals surface area (Å²) in [5.41, 5.74) is 0. The molecule has 0 aliphatic carbocycles. The van der Waals surface area contributed by atoms with Crippen molar-refractivity contribution in [3.8, 4) is 0 Å². The number of unbranched alkanes of at least 4 members (excludes halogenated alkanes) is 6. The number of carbonyl (C=O) groups excluding carboxylic acids is 1. The van der Waals surface area contributed by atoms with E-state index in [9.17, 15) is 4.79 Å². The van der Waals surface area contributed by atoms with Crippen LogP contribution in [0.5, 0.6) is 0 Å². The normalized spacial score (nSPS) is 10.2. The molecule has 0 bridgehead atoms. The van der Waals surface area contributed by atoms with Crippen molar-refractivity contribution < 1.29 is 9.63 Å². The van der Waals surface area contributed by atoms with Crippen molar-refractivity contribution in [1.29, 1.82) is 0 Å². The predicted octanol–water partition coefficient (Wildman–Crippen LogP) is 3.15. The number of aromatic nitrogens is 2. The average Bonchev–Trinajstić information content (AvgIpc) is 2.85. The Morgan fingerprint density at radius 3 is 2.61 bits per heavy atom. The molecule has 0 fully saturated rings. The van der Waals surface area contributed by atoms with E-state index in [-0.39, 0.29) is 5.97 Å². The van der Waals surface area contributed by atoms with Crippen molar-refractivity contribution in [3.05, 3.63) is 31.4 Å². The zero-order valence-electron chi connectivity index (χ0n) is 10.9. The minimum absolute atomic E-state index is 0.195. The average molecular weight is 250 g/mol. The molecule has 1 heterocycles. The van der Waals surface area contributed by atoms with E-state index in [4.69, 9.17) is 4.84 Å². The van der Waals surface area contributed by atoms with E-state index in [1.165, 1.54) is 36.7 Å². The SMILES string of the molecule is C=CCCCCCCCCC(=O)On1ccnc1. The van der Waals surface area contributed by atoms with Crippen LogP contribution in [0.15, 0.2) is 31.4 Å². The van der Waals surface area contributed by atoms with Gasteiger partial charge in [-0.2, -0.15) is 4.73 Å². The molecule has 0 saturated carbocycles. The third kappa shape index (κ3) is 6.89. The fourth-order valence-corrected chi connectivity index (χ4v) is 1.73. The lowest BCUT2D eigenvalue weighted by Crippen LogP contribution is -2.17. The predicted molar refractivity (Wildman–Crippen MR) is 70.9 cm³/mol. The Bertz CT molecular complexity index is 334. The molecule has 0 aliphatic heterocycles. The summed E-state index contributed by atoms with van der Waals surface area (Å²) < 4.78 is 1.33. The summed E-state index contributed by atoms with van der Waals surface area (Å²) in [6, 6.07) is 0. The molecule has 0 aromatic carbocycles. The summed E-state index contributed by atoms with van der Waals surface area (Å²) in [5, 5.41) is 0. The number of carbonyl (C=O) groups is 1. The molecule has 0 atom stereocenters. The van der Waals surface area contributed by atoms with Crippen LogP contribution in [0.1, 0.15) is 51.4 Å². The second kappa shape index (κ2) is 9.45. The molecule has 0 N–H and O–H groups in total. The number of hydrogen-bond acceptors (Lipinski definition) is 3. The van der Waals surface area contributed by atoms with Crippen LogP contribution in [0.2, 0.25) is 0 Å². The smallest absolute Gasteiger partial charge is 0.332 e. The standard InChI is InChI=1S/C14H22N2O2/c1-2-3-4-5-6-7-8-9-10-14(17)18-16-12-11-15-13-16/h2,11-13H,1,3-10H2. The number of imidazole rings is 1. The maximum absolute atomic E-state index is 11.4. The summed E-state index contributed by atoms with van der Waals surface area (Å²) in [6.07, 6.45) is 15.1. The Morgan fingerprint density at radius 2 is 1.94 bits per heavy atom. The van der Waals surface area contributed by atoms with Gasteiger partial charge < -0.3 is 4.84 Å². The molecule has 0 spiro atoms. The number of nitrogens with zero attached hydrogens (tertiary/aromatic N) is 2. The van der Waals surface area contributed by atoms with Gasteiger partial charge in [-0.25, -0.2) is 9.78 Å². The van der Waals surface area contributed by atoms with E-state index in [2.05, 4.69) is 11.6 Å². The Labute approximate surface area is 109 Å². The second-order valence-corrected chi connectivity index (χ2v) is 4.33. The van der Waals surface area contributed by atoms with E-state index in [0.717, 1.165) is 19.3 Å². The topological polar surface area (TPSA) is 44.1 Å². The highest BCUT2D eigenvalue weighted by atomic mass is 16.7. The molecule has 1 aromatic heterocycles. The quantitative estimate of drug-likeness (QED) is 0.473. The first kappa shape index (κ1) is 14.5. The Morgan fingerprint density at radius 1 is 1.22 bits per heavy atom. The van der Waals surface area contributed by atoms with Crippen molar-refractivity contribution in [2.45, 2.75) is 51.4 Å². The molecule has 100 valence electrons. The molecule has 0 radical (unpaired) electrons. The van der Waals surface area contributed by atoms with E-state index < -0.39 is 0 Å². The van der Waals surface area contributed by atoms with Gasteiger partial charge in [-0.3, -0.25) is 0 Å². The van der Waals surface area contributed by atoms with Gasteiger partial charge in [0.15, 0.2) is 0 Å². The monoisotopic (exact) mass is 250 g/mol. The summed E-state index contributed by atoms with van der Waals surface area (Å²) >= 11 is 0. The van der Waals surface area contributed by atoms with E-state index in [1.807, 2.05) is 6.08 Å². The third-order valence-electron chi connectivity index (χ3n) is 2.73. The van der Waals surface area contributed by atoms with Gasteiger partial charge in [-0.1, -0.05) is 31.8 Å². The molecule has 4 heteroatoms. The van der Waals surface area contributed by atoms with Crippen LogP contribution < -0.4 is 4.84 Å². The number of allylic oxidation sites excluding steroid dienone is 1. The van der Waals surface area contributed by atoms with Gasteiger partial charge in [-0.05, 0) is 19.3 Å². The summed E-state index contributed by atoms with van der Waals surface area (Å²) in [7, 11) is 0. The molecule has 1 rings (SSSR count). The maximum Gasteiger partial charge on any atom is 0.332 e. The minimum Gasteiger partial charge on any atom is -0.336 e. The van der Waals surface area contributed by atoms with Crippen LogP contribution >= 0.6 is 0 Å². The van der Waals surface area contributed by atoms with Crippen molar-refractivity contribution in [2.75, 3.05) is 0 Å². The second-order valence-electron chi connectivity index (χ2n) is 4.33. The summed E-state index contributed by atoms with van der Waals surface area (Å²) in [5.74, 6) is -0.195. The van der Waals surface area contributed by atoms with Crippen molar-refractivity contribution in [2.24, 2.45) is 0 Å². The van der Waals surface area contributed by atoms with Crippen LogP contribution in [0, 0.1) is 0 Å². The molecule has 0 amide bonds. The van der Waals surface area contributed by atoms with Gasteiger partial charge >= 0.3 is 5.97 Å². The lowest BCUT2D eigenvalue weighted by Gasteiger charge is -2.03. The van der Waals surface area contributed by atoms with Crippen molar-refractivity contribution >= 4 is 5.97 Å². The molecule has 0 unspecified atom stereocenters. The van der Waals surface area contributed by atoms with Gasteiger partial charge in [-0.15, -0.1) is 6.58 Å². The summed E-state index contributed by atoms with van der Waals surface area (Å²) in [4.78, 5) is 20.2. The molecule has 0 saturated heterocycles. The first-order valence-electron chi connectivity index (χ1n) is 6.63. The first-order valence-corrected chi connectivity index (χ1v) is 6.63. The minimum atomic E-state index is -0.195. The van der Waals surface area contributed by atoms with Gasteiger partial charge in [0.1, 0.15) is 6.33 Å². The highest BCUT2D eigenvalue weighted by molar-refractivity contribution is 5.69. The van der Waals surface area contributed by atoms with Gasteiger partial charge in [0.25, 0.3) is 0 Å². The molecular formula is C14H22N2O2. The molecule has 18 heavy (non-hydrogen) atoms. The van der Waals surface area contributed by atoms with Crippen molar-refractivity contribution in [3.63, 3.8) is 0 Å². The highest BCUT2D eigenvalue weighted by Gasteiger charge is 2.03. The molecule has 0 aliphatic rings. The van der Waals surface area contributed by atoms with E-state index in [1.54, 1.807) is 12.4 Å². The Kier molecular flexibility index (Phi) is 7.60. The zero-order chi connectivity index (χ0) is 13.1. The van der Waals surface area contributed by atoms with Gasteiger partial charge in [0, 0.05) is 12.6 Å². The van der Waals surface area contributed by atoms with Crippen LogP contribution in [0.25, 0.3) is 0 Å². The Hall–Kier alpha value is -1.58. The van der Waals surface area contributed by atoms with Gasteiger partial charge in [0.2, 0.25) is 0 Å². The maximum atomic E-state index is 11.4. The van der Waals surface area contributed by atoms with Gasteiger partial charge in [0.05, 0.1) is 6.20 Å².